The summed E-state index contributed by atoms with van der Waals surface area (Å²) in [7, 11) is 0. The van der Waals surface area contributed by atoms with Gasteiger partial charge >= 0.3 is 0 Å². The lowest BCUT2D eigenvalue weighted by Crippen LogP contribution is -2.14. The first-order valence-corrected chi connectivity index (χ1v) is 9.57. The molecule has 0 saturated carbocycles. The van der Waals surface area contributed by atoms with E-state index in [4.69, 9.17) is 0 Å². The highest BCUT2D eigenvalue weighted by Crippen LogP contribution is 2.21. The predicted molar refractivity (Wildman–Crippen MR) is 112 cm³/mol. The van der Waals surface area contributed by atoms with E-state index in [2.05, 4.69) is 31.4 Å². The monoisotopic (exact) mass is 435 g/mol. The summed E-state index contributed by atoms with van der Waals surface area (Å²) in [6.07, 6.45) is 1.82. The number of aromatic nitrogens is 4. The largest absolute Gasteiger partial charge is 0.305 e. The van der Waals surface area contributed by atoms with Crippen LogP contribution in [0.15, 0.2) is 71.3 Å². The average molecular weight is 436 g/mol. The molecule has 0 unspecified atom stereocenters. The van der Waals surface area contributed by atoms with Crippen molar-refractivity contribution in [3.63, 3.8) is 0 Å². The Labute approximate surface area is 170 Å². The molecule has 0 radical (unpaired) electrons. The summed E-state index contributed by atoms with van der Waals surface area (Å²) in [6, 6.07) is 19.3. The molecule has 0 atom stereocenters. The Kier molecular flexibility index (Phi) is 4.83. The zero-order chi connectivity index (χ0) is 19.7. The van der Waals surface area contributed by atoms with Crippen LogP contribution in [0.5, 0.6) is 0 Å². The second kappa shape index (κ2) is 7.44. The number of carbonyl (C=O) groups is 1. The average Bonchev–Trinajstić information content (AvgIpc) is 3.27. The van der Waals surface area contributed by atoms with Crippen LogP contribution in [0, 0.1) is 13.8 Å². The van der Waals surface area contributed by atoms with Gasteiger partial charge in [-0.05, 0) is 50.2 Å². The van der Waals surface area contributed by atoms with Gasteiger partial charge in [0.2, 0.25) is 0 Å². The van der Waals surface area contributed by atoms with Crippen LogP contribution in [-0.2, 0) is 0 Å². The molecule has 28 heavy (non-hydrogen) atoms. The predicted octanol–water partition coefficient (Wildman–Crippen LogP) is 4.69. The minimum absolute atomic E-state index is 0.225. The number of nitrogens with zero attached hydrogens (tertiary/aromatic N) is 4. The van der Waals surface area contributed by atoms with E-state index < -0.39 is 0 Å². The van der Waals surface area contributed by atoms with Crippen molar-refractivity contribution >= 4 is 27.7 Å². The molecular formula is C21H18BrN5O. The lowest BCUT2D eigenvalue weighted by Gasteiger charge is -2.06. The van der Waals surface area contributed by atoms with Gasteiger partial charge in [-0.2, -0.15) is 10.2 Å². The summed E-state index contributed by atoms with van der Waals surface area (Å²) in [4.78, 5) is 12.9. The number of hydrogen-bond donors (Lipinski definition) is 1. The number of carbonyl (C=O) groups excluding carboxylic acids is 1. The first-order chi connectivity index (χ1) is 13.5. The van der Waals surface area contributed by atoms with Crippen molar-refractivity contribution in [2.45, 2.75) is 13.8 Å². The van der Waals surface area contributed by atoms with E-state index in [0.29, 0.717) is 17.1 Å². The summed E-state index contributed by atoms with van der Waals surface area (Å²) >= 11 is 3.43. The van der Waals surface area contributed by atoms with Crippen LogP contribution in [0.2, 0.25) is 0 Å². The Hall–Kier alpha value is -3.19. The summed E-state index contributed by atoms with van der Waals surface area (Å²) in [5.41, 5.74) is 3.83. The maximum atomic E-state index is 12.9. The van der Waals surface area contributed by atoms with Crippen LogP contribution >= 0.6 is 15.9 Å². The molecule has 4 aromatic rings. The van der Waals surface area contributed by atoms with Crippen LogP contribution in [0.4, 0.5) is 5.82 Å². The second-order valence-corrected chi connectivity index (χ2v) is 7.28. The van der Waals surface area contributed by atoms with Gasteiger partial charge in [-0.1, -0.05) is 34.1 Å². The third-order valence-electron chi connectivity index (χ3n) is 4.44. The van der Waals surface area contributed by atoms with Crippen LogP contribution in [0.25, 0.3) is 11.4 Å². The topological polar surface area (TPSA) is 64.7 Å². The van der Waals surface area contributed by atoms with Gasteiger partial charge in [-0.15, -0.1) is 0 Å². The van der Waals surface area contributed by atoms with E-state index in [1.807, 2.05) is 74.6 Å². The highest BCUT2D eigenvalue weighted by atomic mass is 79.9. The molecule has 2 heterocycles. The number of hydrogen-bond acceptors (Lipinski definition) is 3. The van der Waals surface area contributed by atoms with E-state index in [9.17, 15) is 4.79 Å². The molecule has 1 N–H and O–H groups in total. The molecule has 2 aromatic heterocycles. The highest BCUT2D eigenvalue weighted by Gasteiger charge is 2.20. The van der Waals surface area contributed by atoms with Gasteiger partial charge in [0.05, 0.1) is 28.3 Å². The number of halogens is 1. The number of para-hydroxylation sites is 1. The fourth-order valence-corrected chi connectivity index (χ4v) is 3.36. The van der Waals surface area contributed by atoms with Crippen molar-refractivity contribution < 1.29 is 4.79 Å². The smallest absolute Gasteiger partial charge is 0.260 e. The number of amides is 1. The molecule has 0 aliphatic carbocycles. The summed E-state index contributed by atoms with van der Waals surface area (Å²) < 4.78 is 4.49. The van der Waals surface area contributed by atoms with Crippen molar-refractivity contribution in [3.8, 4) is 11.4 Å². The number of aryl methyl sites for hydroxylation is 1. The molecule has 0 aliphatic heterocycles. The first kappa shape index (κ1) is 18.2. The number of anilines is 1. The Morgan fingerprint density at radius 1 is 0.929 bits per heavy atom. The molecular weight excluding hydrogens is 418 g/mol. The normalized spacial score (nSPS) is 10.8. The van der Waals surface area contributed by atoms with E-state index in [1.54, 1.807) is 15.4 Å². The molecule has 4 rings (SSSR count). The van der Waals surface area contributed by atoms with E-state index in [0.717, 1.165) is 21.5 Å². The molecule has 7 heteroatoms. The van der Waals surface area contributed by atoms with Gasteiger partial charge in [-0.25, -0.2) is 9.36 Å². The minimum atomic E-state index is -0.225. The fraction of sp³-hybridized carbons (Fsp3) is 0.0952. The van der Waals surface area contributed by atoms with Gasteiger partial charge in [0.25, 0.3) is 5.91 Å². The van der Waals surface area contributed by atoms with Crippen LogP contribution in [-0.4, -0.2) is 25.5 Å². The fourth-order valence-electron chi connectivity index (χ4n) is 3.10. The zero-order valence-electron chi connectivity index (χ0n) is 15.4. The maximum Gasteiger partial charge on any atom is 0.260 e. The van der Waals surface area contributed by atoms with Gasteiger partial charge in [0.1, 0.15) is 0 Å². The maximum absolute atomic E-state index is 12.9. The Morgan fingerprint density at radius 3 is 2.36 bits per heavy atom. The first-order valence-electron chi connectivity index (χ1n) is 8.77. The summed E-state index contributed by atoms with van der Waals surface area (Å²) in [6.45, 7) is 3.72. The lowest BCUT2D eigenvalue weighted by molar-refractivity contribution is 0.102. The zero-order valence-corrected chi connectivity index (χ0v) is 17.0. The van der Waals surface area contributed by atoms with Gasteiger partial charge in [-0.3, -0.25) is 4.79 Å². The van der Waals surface area contributed by atoms with E-state index >= 15 is 0 Å². The molecule has 0 aliphatic rings. The molecule has 6 nitrogen and oxygen atoms in total. The Balaban J connectivity index is 1.59. The number of nitrogens with one attached hydrogen (secondary N) is 1. The molecule has 0 fully saturated rings. The summed E-state index contributed by atoms with van der Waals surface area (Å²) in [5, 5.41) is 11.8. The SMILES string of the molecule is Cc1nn(-c2ccc(Br)cc2)c(C)c1C(=O)Nc1ccn(-c2ccccc2)n1. The van der Waals surface area contributed by atoms with Crippen LogP contribution in [0.3, 0.4) is 0 Å². The van der Waals surface area contributed by atoms with Crippen molar-refractivity contribution in [1.29, 1.82) is 0 Å². The third kappa shape index (κ3) is 3.48. The minimum Gasteiger partial charge on any atom is -0.305 e. The molecule has 1 amide bonds. The van der Waals surface area contributed by atoms with Crippen LogP contribution in [0.1, 0.15) is 21.7 Å². The van der Waals surface area contributed by atoms with Crippen molar-refractivity contribution in [2.75, 3.05) is 5.32 Å². The molecule has 140 valence electrons. The van der Waals surface area contributed by atoms with Gasteiger partial charge < -0.3 is 5.32 Å². The highest BCUT2D eigenvalue weighted by molar-refractivity contribution is 9.10. The Morgan fingerprint density at radius 2 is 1.64 bits per heavy atom. The van der Waals surface area contributed by atoms with Crippen molar-refractivity contribution in [2.24, 2.45) is 0 Å². The molecule has 0 spiro atoms. The van der Waals surface area contributed by atoms with E-state index in [-0.39, 0.29) is 5.91 Å². The standard InChI is InChI=1S/C21H18BrN5O/c1-14-20(15(2)27(24-14)18-10-8-16(22)9-11-18)21(28)23-19-12-13-26(25-19)17-6-4-3-5-7-17/h3-13H,1-2H3,(H,23,25,28). The second-order valence-electron chi connectivity index (χ2n) is 6.37. The number of benzene rings is 2. The Bertz CT molecular complexity index is 1130. The number of rotatable bonds is 4. The molecule has 0 bridgehead atoms. The lowest BCUT2D eigenvalue weighted by atomic mass is 10.2. The summed E-state index contributed by atoms with van der Waals surface area (Å²) in [5.74, 6) is 0.265. The van der Waals surface area contributed by atoms with Crippen LogP contribution < -0.4 is 5.32 Å². The third-order valence-corrected chi connectivity index (χ3v) is 4.97. The van der Waals surface area contributed by atoms with Crippen molar-refractivity contribution in [3.05, 3.63) is 88.3 Å². The van der Waals surface area contributed by atoms with Gasteiger partial charge in [0.15, 0.2) is 5.82 Å². The quantitative estimate of drug-likeness (QED) is 0.505. The van der Waals surface area contributed by atoms with E-state index in [1.165, 1.54) is 0 Å². The molecule has 0 saturated heterocycles. The van der Waals surface area contributed by atoms with Gasteiger partial charge in [0, 0.05) is 16.7 Å². The van der Waals surface area contributed by atoms with Crippen molar-refractivity contribution in [1.82, 2.24) is 19.6 Å². The molecule has 2 aromatic carbocycles.